The Bertz CT molecular complexity index is 756. The molecule has 0 fully saturated rings. The fraction of sp³-hybridized carbons (Fsp3) is 0.316. The van der Waals surface area contributed by atoms with Crippen LogP contribution < -0.4 is 19.6 Å². The van der Waals surface area contributed by atoms with Gasteiger partial charge in [0.2, 0.25) is 0 Å². The van der Waals surface area contributed by atoms with E-state index in [0.29, 0.717) is 18.0 Å². The van der Waals surface area contributed by atoms with E-state index in [1.54, 1.807) is 14.2 Å². The lowest BCUT2D eigenvalue weighted by Crippen LogP contribution is -2.09. The second-order valence-corrected chi connectivity index (χ2v) is 8.09. The van der Waals surface area contributed by atoms with Crippen LogP contribution >= 0.6 is 45.2 Å². The Morgan fingerprint density at radius 1 is 1.04 bits per heavy atom. The van der Waals surface area contributed by atoms with Crippen LogP contribution in [0.5, 0.6) is 17.2 Å². The van der Waals surface area contributed by atoms with Crippen molar-refractivity contribution in [3.05, 3.63) is 48.6 Å². The molecule has 0 aromatic heterocycles. The lowest BCUT2D eigenvalue weighted by Gasteiger charge is -2.14. The lowest BCUT2D eigenvalue weighted by molar-refractivity contribution is 0.239. The quantitative estimate of drug-likeness (QED) is 0.277. The topological polar surface area (TPSA) is 52.1 Å². The standard InChI is InChI=1S/C19H22I2N2O3/c1-12(2)26-19-15(20)7-14(8-16(19)21)11-23-22-10-13-5-6-17(24-3)18(9-13)25-4/h5-9,11-12,22H,10H2,1-4H3/b23-11+. The molecule has 0 aliphatic heterocycles. The van der Waals surface area contributed by atoms with Crippen molar-refractivity contribution in [2.75, 3.05) is 14.2 Å². The summed E-state index contributed by atoms with van der Waals surface area (Å²) >= 11 is 4.58. The lowest BCUT2D eigenvalue weighted by atomic mass is 10.2. The summed E-state index contributed by atoms with van der Waals surface area (Å²) in [7, 11) is 3.25. The molecule has 140 valence electrons. The summed E-state index contributed by atoms with van der Waals surface area (Å²) in [6, 6.07) is 9.92. The molecule has 0 unspecified atom stereocenters. The maximum atomic E-state index is 5.86. The average molecular weight is 580 g/mol. The first-order valence-electron chi connectivity index (χ1n) is 8.07. The van der Waals surface area contributed by atoms with Gasteiger partial charge in [-0.25, -0.2) is 0 Å². The Balaban J connectivity index is 2.00. The predicted molar refractivity (Wildman–Crippen MR) is 122 cm³/mol. The monoisotopic (exact) mass is 580 g/mol. The Hall–Kier alpha value is -1.23. The highest BCUT2D eigenvalue weighted by molar-refractivity contribution is 14.1. The Labute approximate surface area is 181 Å². The zero-order valence-electron chi connectivity index (χ0n) is 15.2. The molecule has 2 aromatic rings. The molecule has 5 nitrogen and oxygen atoms in total. The van der Waals surface area contributed by atoms with Crippen molar-refractivity contribution in [1.29, 1.82) is 0 Å². The molecule has 0 saturated carbocycles. The summed E-state index contributed by atoms with van der Waals surface area (Å²) < 4.78 is 18.6. The maximum Gasteiger partial charge on any atom is 0.161 e. The molecule has 0 radical (unpaired) electrons. The highest BCUT2D eigenvalue weighted by Gasteiger charge is 2.10. The minimum atomic E-state index is 0.153. The zero-order valence-corrected chi connectivity index (χ0v) is 19.5. The van der Waals surface area contributed by atoms with E-state index >= 15 is 0 Å². The summed E-state index contributed by atoms with van der Waals surface area (Å²) in [5.74, 6) is 2.35. The summed E-state index contributed by atoms with van der Waals surface area (Å²) in [5.41, 5.74) is 5.14. The van der Waals surface area contributed by atoms with E-state index in [1.165, 1.54) is 0 Å². The molecule has 0 heterocycles. The Morgan fingerprint density at radius 2 is 1.69 bits per heavy atom. The van der Waals surface area contributed by atoms with Crippen molar-refractivity contribution in [3.8, 4) is 17.2 Å². The smallest absolute Gasteiger partial charge is 0.161 e. The molecule has 2 aromatic carbocycles. The van der Waals surface area contributed by atoms with Crippen LogP contribution in [0.4, 0.5) is 0 Å². The highest BCUT2D eigenvalue weighted by Crippen LogP contribution is 2.29. The van der Waals surface area contributed by atoms with Crippen LogP contribution in [-0.4, -0.2) is 26.5 Å². The molecule has 0 aliphatic rings. The van der Waals surface area contributed by atoms with Crippen LogP contribution in [0.1, 0.15) is 25.0 Å². The highest BCUT2D eigenvalue weighted by atomic mass is 127. The van der Waals surface area contributed by atoms with E-state index in [2.05, 4.69) is 67.8 Å². The van der Waals surface area contributed by atoms with E-state index in [-0.39, 0.29) is 6.10 Å². The average Bonchev–Trinajstić information content (AvgIpc) is 2.61. The van der Waals surface area contributed by atoms with Gasteiger partial charge in [0.1, 0.15) is 5.75 Å². The normalized spacial score (nSPS) is 11.0. The van der Waals surface area contributed by atoms with Gasteiger partial charge in [0.25, 0.3) is 0 Å². The van der Waals surface area contributed by atoms with E-state index in [4.69, 9.17) is 14.2 Å². The van der Waals surface area contributed by atoms with Gasteiger partial charge in [-0.3, -0.25) is 0 Å². The summed E-state index contributed by atoms with van der Waals surface area (Å²) in [6.45, 7) is 4.65. The second kappa shape index (κ2) is 10.2. The Kier molecular flexibility index (Phi) is 8.26. The van der Waals surface area contributed by atoms with E-state index in [9.17, 15) is 0 Å². The van der Waals surface area contributed by atoms with E-state index < -0.39 is 0 Å². The van der Waals surface area contributed by atoms with Crippen LogP contribution in [0, 0.1) is 7.14 Å². The maximum absolute atomic E-state index is 5.86. The molecule has 1 N–H and O–H groups in total. The third-order valence-electron chi connectivity index (χ3n) is 3.41. The van der Waals surface area contributed by atoms with Gasteiger partial charge in [-0.2, -0.15) is 5.10 Å². The molecule has 0 aliphatic carbocycles. The minimum Gasteiger partial charge on any atom is -0.493 e. The fourth-order valence-corrected chi connectivity index (χ4v) is 4.32. The van der Waals surface area contributed by atoms with E-state index in [0.717, 1.165) is 24.0 Å². The first-order valence-corrected chi connectivity index (χ1v) is 10.2. The van der Waals surface area contributed by atoms with Gasteiger partial charge < -0.3 is 19.6 Å². The van der Waals surface area contributed by atoms with Gasteiger partial charge in [0.05, 0.1) is 40.2 Å². The van der Waals surface area contributed by atoms with Crippen molar-refractivity contribution in [2.45, 2.75) is 26.5 Å². The molecule has 0 bridgehead atoms. The summed E-state index contributed by atoms with van der Waals surface area (Å²) in [6.07, 6.45) is 1.96. The molecule has 0 spiro atoms. The molecule has 7 heteroatoms. The fourth-order valence-electron chi connectivity index (χ4n) is 2.25. The van der Waals surface area contributed by atoms with Crippen LogP contribution in [0.3, 0.4) is 0 Å². The molecule has 2 rings (SSSR count). The van der Waals surface area contributed by atoms with Crippen molar-refractivity contribution >= 4 is 51.4 Å². The number of ether oxygens (including phenoxy) is 3. The predicted octanol–water partition coefficient (Wildman–Crippen LogP) is 4.82. The number of benzene rings is 2. The van der Waals surface area contributed by atoms with Crippen LogP contribution in [0.2, 0.25) is 0 Å². The van der Waals surface area contributed by atoms with Crippen LogP contribution in [0.15, 0.2) is 35.4 Å². The number of methoxy groups -OCH3 is 2. The van der Waals surface area contributed by atoms with Crippen molar-refractivity contribution in [3.63, 3.8) is 0 Å². The SMILES string of the molecule is COc1ccc(CN/N=C/c2cc(I)c(OC(C)C)c(I)c2)cc1OC. The van der Waals surface area contributed by atoms with Crippen molar-refractivity contribution in [2.24, 2.45) is 5.10 Å². The Morgan fingerprint density at radius 3 is 2.27 bits per heavy atom. The number of hydrogen-bond acceptors (Lipinski definition) is 5. The number of hydrazone groups is 1. The molecule has 0 amide bonds. The molecule has 26 heavy (non-hydrogen) atoms. The molecule has 0 saturated heterocycles. The summed E-state index contributed by atoms with van der Waals surface area (Å²) in [4.78, 5) is 0. The van der Waals surface area contributed by atoms with Crippen molar-refractivity contribution in [1.82, 2.24) is 5.43 Å². The van der Waals surface area contributed by atoms with Gasteiger partial charge in [-0.15, -0.1) is 0 Å². The third kappa shape index (κ3) is 5.90. The number of nitrogens with zero attached hydrogens (tertiary/aromatic N) is 1. The third-order valence-corrected chi connectivity index (χ3v) is 5.01. The number of rotatable bonds is 8. The zero-order chi connectivity index (χ0) is 19.1. The minimum absolute atomic E-state index is 0.153. The second-order valence-electron chi connectivity index (χ2n) is 5.76. The van der Waals surface area contributed by atoms with Crippen LogP contribution in [0.25, 0.3) is 0 Å². The molecular weight excluding hydrogens is 558 g/mol. The number of halogens is 2. The van der Waals surface area contributed by atoms with Gasteiger partial charge in [0, 0.05) is 0 Å². The van der Waals surface area contributed by atoms with Gasteiger partial charge in [-0.1, -0.05) is 6.07 Å². The molecular formula is C19H22I2N2O3. The first kappa shape index (κ1) is 21.1. The van der Waals surface area contributed by atoms with E-state index in [1.807, 2.05) is 38.3 Å². The number of nitrogens with one attached hydrogen (secondary N) is 1. The number of hydrogen-bond donors (Lipinski definition) is 1. The van der Waals surface area contributed by atoms with Gasteiger partial charge in [0.15, 0.2) is 11.5 Å². The summed E-state index contributed by atoms with van der Waals surface area (Å²) in [5, 5.41) is 4.31. The first-order chi connectivity index (χ1) is 12.4. The largest absolute Gasteiger partial charge is 0.493 e. The van der Waals surface area contributed by atoms with Crippen LogP contribution in [-0.2, 0) is 6.54 Å². The van der Waals surface area contributed by atoms with Gasteiger partial charge >= 0.3 is 0 Å². The van der Waals surface area contributed by atoms with Gasteiger partial charge in [-0.05, 0) is 94.4 Å². The van der Waals surface area contributed by atoms with Crippen molar-refractivity contribution < 1.29 is 14.2 Å². The molecule has 0 atom stereocenters.